The second-order valence-corrected chi connectivity index (χ2v) is 5.96. The fraction of sp³-hybridized carbons (Fsp3) is 0.211. The molecule has 0 atom stereocenters. The molecule has 0 unspecified atom stereocenters. The standard InChI is InChI=1S/C19H17NO5/c1-10-16-15(25-18(10)19(23)24)8-5-13(17(16)22)9-12-3-6-14(7-4-12)20-11(2)21/h3-4,6-7,9H,5,8H2,1-2H3,(H,20,21)(H,23,24)/b13-9-. The lowest BCUT2D eigenvalue weighted by Crippen LogP contribution is -2.13. The topological polar surface area (TPSA) is 96.6 Å². The van der Waals surface area contributed by atoms with Crippen molar-refractivity contribution in [1.29, 1.82) is 0 Å². The molecule has 1 aliphatic rings. The van der Waals surface area contributed by atoms with Crippen LogP contribution in [-0.2, 0) is 11.2 Å². The number of aryl methyl sites for hydroxylation is 1. The van der Waals surface area contributed by atoms with Gasteiger partial charge in [0.1, 0.15) is 5.76 Å². The first kappa shape index (κ1) is 16.7. The van der Waals surface area contributed by atoms with Gasteiger partial charge in [-0.15, -0.1) is 0 Å². The average Bonchev–Trinajstić information content (AvgIpc) is 2.89. The Balaban J connectivity index is 1.89. The summed E-state index contributed by atoms with van der Waals surface area (Å²) in [6.45, 7) is 3.03. The molecule has 6 heteroatoms. The number of fused-ring (bicyclic) bond motifs is 1. The molecule has 128 valence electrons. The maximum atomic E-state index is 12.7. The molecule has 1 heterocycles. The molecule has 3 rings (SSSR count). The van der Waals surface area contributed by atoms with Crippen LogP contribution in [0.3, 0.4) is 0 Å². The van der Waals surface area contributed by atoms with Crippen LogP contribution in [0.1, 0.15) is 51.1 Å². The second kappa shape index (κ2) is 6.39. The van der Waals surface area contributed by atoms with Crippen LogP contribution in [0.4, 0.5) is 5.69 Å². The largest absolute Gasteiger partial charge is 0.475 e. The SMILES string of the molecule is CC(=O)Nc1ccc(/C=C2/CCc3oc(C(=O)O)c(C)c3C2=O)cc1. The lowest BCUT2D eigenvalue weighted by molar-refractivity contribution is -0.114. The van der Waals surface area contributed by atoms with E-state index in [4.69, 9.17) is 9.52 Å². The number of anilines is 1. The Bertz CT molecular complexity index is 903. The van der Waals surface area contributed by atoms with Gasteiger partial charge >= 0.3 is 5.97 Å². The first-order valence-electron chi connectivity index (χ1n) is 7.85. The Hall–Kier alpha value is -3.15. The lowest BCUT2D eigenvalue weighted by atomic mass is 9.88. The van der Waals surface area contributed by atoms with E-state index in [-0.39, 0.29) is 17.5 Å². The zero-order valence-corrected chi connectivity index (χ0v) is 13.9. The van der Waals surface area contributed by atoms with Gasteiger partial charge in [-0.3, -0.25) is 9.59 Å². The number of rotatable bonds is 3. The van der Waals surface area contributed by atoms with Crippen molar-refractivity contribution in [2.75, 3.05) is 5.32 Å². The third-order valence-corrected chi connectivity index (χ3v) is 4.13. The fourth-order valence-corrected chi connectivity index (χ4v) is 2.98. The summed E-state index contributed by atoms with van der Waals surface area (Å²) in [4.78, 5) is 34.9. The molecule has 6 nitrogen and oxygen atoms in total. The van der Waals surface area contributed by atoms with Crippen molar-refractivity contribution >= 4 is 29.4 Å². The van der Waals surface area contributed by atoms with E-state index in [1.165, 1.54) is 6.92 Å². The first-order chi connectivity index (χ1) is 11.9. The summed E-state index contributed by atoms with van der Waals surface area (Å²) >= 11 is 0. The number of furan rings is 1. The summed E-state index contributed by atoms with van der Waals surface area (Å²) in [5.74, 6) is -1.23. The number of hydrogen-bond donors (Lipinski definition) is 2. The van der Waals surface area contributed by atoms with Crippen LogP contribution in [0.2, 0.25) is 0 Å². The summed E-state index contributed by atoms with van der Waals surface area (Å²) in [6, 6.07) is 7.15. The smallest absolute Gasteiger partial charge is 0.372 e. The molecule has 1 amide bonds. The van der Waals surface area contributed by atoms with Crippen molar-refractivity contribution in [2.24, 2.45) is 0 Å². The molecule has 2 N–H and O–H groups in total. The van der Waals surface area contributed by atoms with E-state index in [1.807, 2.05) is 12.1 Å². The Morgan fingerprint density at radius 1 is 1.20 bits per heavy atom. The third-order valence-electron chi connectivity index (χ3n) is 4.13. The lowest BCUT2D eigenvalue weighted by Gasteiger charge is -2.13. The number of nitrogens with one attached hydrogen (secondary N) is 1. The van der Waals surface area contributed by atoms with Crippen LogP contribution in [0.15, 0.2) is 34.3 Å². The number of carbonyl (C=O) groups is 3. The quantitative estimate of drug-likeness (QED) is 0.835. The highest BCUT2D eigenvalue weighted by molar-refractivity contribution is 6.14. The summed E-state index contributed by atoms with van der Waals surface area (Å²) in [6.07, 6.45) is 2.77. The Morgan fingerprint density at radius 2 is 1.88 bits per heavy atom. The van der Waals surface area contributed by atoms with Crippen LogP contribution < -0.4 is 5.32 Å². The van der Waals surface area contributed by atoms with Gasteiger partial charge in [0.05, 0.1) is 5.56 Å². The molecule has 0 fully saturated rings. The van der Waals surface area contributed by atoms with Gasteiger partial charge in [0.2, 0.25) is 11.7 Å². The third kappa shape index (κ3) is 3.24. The van der Waals surface area contributed by atoms with Crippen molar-refractivity contribution in [1.82, 2.24) is 0 Å². The van der Waals surface area contributed by atoms with Crippen molar-refractivity contribution in [3.05, 3.63) is 58.0 Å². The number of aromatic carboxylic acids is 1. The molecule has 0 spiro atoms. The number of Topliss-reactive ketones (excluding diaryl/α,β-unsaturated/α-hetero) is 1. The number of carboxylic acid groups (broad SMARTS) is 1. The Morgan fingerprint density at radius 3 is 2.48 bits per heavy atom. The van der Waals surface area contributed by atoms with Gasteiger partial charge in [-0.05, 0) is 37.1 Å². The maximum Gasteiger partial charge on any atom is 0.372 e. The minimum atomic E-state index is -1.17. The average molecular weight is 339 g/mol. The van der Waals surface area contributed by atoms with Gasteiger partial charge < -0.3 is 14.8 Å². The first-order valence-corrected chi connectivity index (χ1v) is 7.85. The number of hydrogen-bond acceptors (Lipinski definition) is 4. The summed E-state index contributed by atoms with van der Waals surface area (Å²) in [5.41, 5.74) is 2.87. The monoisotopic (exact) mass is 339 g/mol. The van der Waals surface area contributed by atoms with Gasteiger partial charge in [-0.1, -0.05) is 12.1 Å². The van der Waals surface area contributed by atoms with Crippen LogP contribution >= 0.6 is 0 Å². The highest BCUT2D eigenvalue weighted by Gasteiger charge is 2.31. The summed E-state index contributed by atoms with van der Waals surface area (Å²) < 4.78 is 5.33. The van der Waals surface area contributed by atoms with Gasteiger partial charge in [-0.25, -0.2) is 4.79 Å². The highest BCUT2D eigenvalue weighted by Crippen LogP contribution is 2.32. The Labute approximate surface area is 144 Å². The molecule has 2 aromatic rings. The van der Waals surface area contributed by atoms with Gasteiger partial charge in [-0.2, -0.15) is 0 Å². The zero-order valence-electron chi connectivity index (χ0n) is 13.9. The Kier molecular flexibility index (Phi) is 4.27. The van der Waals surface area contributed by atoms with Gasteiger partial charge in [0.15, 0.2) is 5.78 Å². The molecule has 0 radical (unpaired) electrons. The predicted octanol–water partition coefficient (Wildman–Crippen LogP) is 3.46. The van der Waals surface area contributed by atoms with E-state index in [1.54, 1.807) is 25.1 Å². The number of ketones is 1. The minimum Gasteiger partial charge on any atom is -0.475 e. The molecule has 25 heavy (non-hydrogen) atoms. The normalized spacial score (nSPS) is 15.1. The molecule has 0 aliphatic heterocycles. The summed E-state index contributed by atoms with van der Waals surface area (Å²) in [5, 5.41) is 11.8. The van der Waals surface area contributed by atoms with E-state index in [2.05, 4.69) is 5.32 Å². The molecule has 1 aliphatic carbocycles. The van der Waals surface area contributed by atoms with Crippen molar-refractivity contribution in [3.8, 4) is 0 Å². The van der Waals surface area contributed by atoms with Crippen molar-refractivity contribution in [2.45, 2.75) is 26.7 Å². The molecule has 0 saturated carbocycles. The van der Waals surface area contributed by atoms with Crippen molar-refractivity contribution in [3.63, 3.8) is 0 Å². The number of allylic oxidation sites excluding steroid dienone is 1. The van der Waals surface area contributed by atoms with Gasteiger partial charge in [0, 0.05) is 30.2 Å². The predicted molar refractivity (Wildman–Crippen MR) is 91.8 cm³/mol. The fourth-order valence-electron chi connectivity index (χ4n) is 2.98. The highest BCUT2D eigenvalue weighted by atomic mass is 16.4. The number of carboxylic acids is 1. The molecular formula is C19H17NO5. The number of carbonyl (C=O) groups excluding carboxylic acids is 2. The number of amides is 1. The van der Waals surface area contributed by atoms with Gasteiger partial charge in [0.25, 0.3) is 0 Å². The molecule has 0 saturated heterocycles. The van der Waals surface area contributed by atoms with E-state index in [9.17, 15) is 14.4 Å². The minimum absolute atomic E-state index is 0.147. The second-order valence-electron chi connectivity index (χ2n) is 5.96. The van der Waals surface area contributed by atoms with E-state index in [0.717, 1.165) is 5.56 Å². The van der Waals surface area contributed by atoms with Crippen LogP contribution in [-0.4, -0.2) is 22.8 Å². The molecule has 1 aromatic heterocycles. The van der Waals surface area contributed by atoms with Crippen LogP contribution in [0, 0.1) is 6.92 Å². The van der Waals surface area contributed by atoms with E-state index < -0.39 is 5.97 Å². The molecule has 0 bridgehead atoms. The van der Waals surface area contributed by atoms with Crippen molar-refractivity contribution < 1.29 is 23.9 Å². The maximum absolute atomic E-state index is 12.7. The van der Waals surface area contributed by atoms with E-state index >= 15 is 0 Å². The van der Waals surface area contributed by atoms with Crippen LogP contribution in [0.5, 0.6) is 0 Å². The molecule has 1 aromatic carbocycles. The van der Waals surface area contributed by atoms with Crippen LogP contribution in [0.25, 0.3) is 6.08 Å². The molecular weight excluding hydrogens is 322 g/mol. The summed E-state index contributed by atoms with van der Waals surface area (Å²) in [7, 11) is 0. The number of benzene rings is 1. The van der Waals surface area contributed by atoms with E-state index in [0.29, 0.717) is 41.0 Å². The zero-order chi connectivity index (χ0) is 18.1.